The molecule has 0 aromatic carbocycles. The largest absolute Gasteiger partial charge is 0.456 e. The molecule has 2 aromatic heterocycles. The summed E-state index contributed by atoms with van der Waals surface area (Å²) in [6.07, 6.45) is 3.33. The van der Waals surface area contributed by atoms with Crippen molar-refractivity contribution in [1.82, 2.24) is 20.4 Å². The summed E-state index contributed by atoms with van der Waals surface area (Å²) in [5.74, 6) is -0.687. The van der Waals surface area contributed by atoms with Gasteiger partial charge in [0.05, 0.1) is 23.7 Å². The Balaban J connectivity index is 1.70. The number of rotatable bonds is 6. The van der Waals surface area contributed by atoms with E-state index >= 15 is 0 Å². The van der Waals surface area contributed by atoms with Crippen LogP contribution in [-0.2, 0) is 16.4 Å². The van der Waals surface area contributed by atoms with Gasteiger partial charge in [-0.2, -0.15) is 0 Å². The van der Waals surface area contributed by atoms with Crippen molar-refractivity contribution in [2.75, 3.05) is 0 Å². The number of nitrogens with two attached hydrogens (primary N) is 1. The molecular weight excluding hydrogens is 403 g/mol. The fourth-order valence-electron chi connectivity index (χ4n) is 2.49. The minimum absolute atomic E-state index is 0.0731. The van der Waals surface area contributed by atoms with E-state index in [9.17, 15) is 17.6 Å². The summed E-state index contributed by atoms with van der Waals surface area (Å²) >= 11 is 0. The number of furan rings is 1. The van der Waals surface area contributed by atoms with Gasteiger partial charge in [0.25, 0.3) is 10.0 Å². The molecule has 29 heavy (non-hydrogen) atoms. The van der Waals surface area contributed by atoms with Gasteiger partial charge in [0.1, 0.15) is 11.6 Å². The highest BCUT2D eigenvalue weighted by Gasteiger charge is 2.35. The molecule has 2 aromatic rings. The summed E-state index contributed by atoms with van der Waals surface area (Å²) in [5, 5.41) is 0.214. The second kappa shape index (κ2) is 8.15. The van der Waals surface area contributed by atoms with E-state index in [1.54, 1.807) is 13.0 Å². The Morgan fingerprint density at radius 3 is 2.62 bits per heavy atom. The van der Waals surface area contributed by atoms with Crippen molar-refractivity contribution < 1.29 is 22.0 Å². The van der Waals surface area contributed by atoms with Crippen molar-refractivity contribution in [2.24, 2.45) is 10.1 Å². The molecule has 0 saturated heterocycles. The fraction of sp³-hybridized carbons (Fsp3) is 0.412. The second-order valence-electron chi connectivity index (χ2n) is 6.75. The predicted octanol–water partition coefficient (Wildman–Crippen LogP) is 0.902. The molecule has 1 unspecified atom stereocenters. The Morgan fingerprint density at radius 2 is 2.07 bits per heavy atom. The number of hydrogen-bond donors (Lipinski definition) is 2. The number of carbonyl (C=O) groups is 1. The summed E-state index contributed by atoms with van der Waals surface area (Å²) < 4.78 is 46.7. The second-order valence-corrected chi connectivity index (χ2v) is 8.77. The van der Waals surface area contributed by atoms with Gasteiger partial charge in [0.15, 0.2) is 11.6 Å². The Kier molecular flexibility index (Phi) is 5.82. The number of amides is 1. The van der Waals surface area contributed by atoms with Crippen molar-refractivity contribution >= 4 is 21.9 Å². The van der Waals surface area contributed by atoms with Gasteiger partial charge in [0.2, 0.25) is 5.96 Å². The molecule has 12 heteroatoms. The summed E-state index contributed by atoms with van der Waals surface area (Å²) in [6, 6.07) is 3.05. The Morgan fingerprint density at radius 1 is 1.41 bits per heavy atom. The first kappa shape index (κ1) is 20.7. The van der Waals surface area contributed by atoms with Crippen molar-refractivity contribution in [2.45, 2.75) is 44.4 Å². The van der Waals surface area contributed by atoms with E-state index in [-0.39, 0.29) is 24.0 Å². The minimum atomic E-state index is -4.04. The lowest BCUT2D eigenvalue weighted by Gasteiger charge is -2.22. The summed E-state index contributed by atoms with van der Waals surface area (Å²) in [5.41, 5.74) is 8.31. The van der Waals surface area contributed by atoms with Crippen molar-refractivity contribution in [1.29, 1.82) is 0 Å². The molecule has 1 saturated carbocycles. The number of aromatic nitrogens is 2. The molecule has 3 N–H and O–H groups in total. The van der Waals surface area contributed by atoms with Gasteiger partial charge < -0.3 is 10.2 Å². The van der Waals surface area contributed by atoms with Crippen LogP contribution in [0.3, 0.4) is 0 Å². The average Bonchev–Trinajstić information content (AvgIpc) is 3.41. The lowest BCUT2D eigenvalue weighted by molar-refractivity contribution is 0.0659. The minimum Gasteiger partial charge on any atom is -0.456 e. The quantitative estimate of drug-likeness (QED) is 0.395. The molecule has 0 aliphatic heterocycles. The summed E-state index contributed by atoms with van der Waals surface area (Å²) in [6.45, 7) is 3.12. The van der Waals surface area contributed by atoms with Crippen LogP contribution in [0, 0.1) is 12.7 Å². The van der Waals surface area contributed by atoms with Crippen LogP contribution in [0.4, 0.5) is 4.39 Å². The van der Waals surface area contributed by atoms with Gasteiger partial charge >= 0.3 is 5.91 Å². The van der Waals surface area contributed by atoms with Crippen LogP contribution in [0.15, 0.2) is 33.3 Å². The zero-order valence-electron chi connectivity index (χ0n) is 15.9. The molecule has 1 fully saturated rings. The zero-order chi connectivity index (χ0) is 21.2. The highest BCUT2D eigenvalue weighted by Crippen LogP contribution is 2.27. The number of carbonyl (C=O) groups excluding carboxylic acids is 1. The van der Waals surface area contributed by atoms with Gasteiger partial charge in [-0.1, -0.05) is 0 Å². The molecule has 0 bridgehead atoms. The molecule has 1 aliphatic rings. The third kappa shape index (κ3) is 5.28. The van der Waals surface area contributed by atoms with E-state index in [1.165, 1.54) is 18.0 Å². The highest BCUT2D eigenvalue weighted by atomic mass is 32.2. The molecule has 2 heterocycles. The normalized spacial score (nSPS) is 15.8. The SMILES string of the molecule is Cc1ccc(C(=O)N(NC(N)=NS(=O)(=O)C(C)Cc2ncc(F)cn2)C2CC2)o1. The molecule has 0 radical (unpaired) electrons. The molecule has 0 spiro atoms. The maximum atomic E-state index is 12.9. The van der Waals surface area contributed by atoms with Gasteiger partial charge in [-0.15, -0.1) is 4.40 Å². The van der Waals surface area contributed by atoms with Gasteiger partial charge in [-0.05, 0) is 38.8 Å². The first-order valence-corrected chi connectivity index (χ1v) is 10.4. The van der Waals surface area contributed by atoms with Crippen LogP contribution in [0.2, 0.25) is 0 Å². The van der Waals surface area contributed by atoms with E-state index in [4.69, 9.17) is 10.2 Å². The number of halogens is 1. The van der Waals surface area contributed by atoms with E-state index in [2.05, 4.69) is 19.8 Å². The maximum absolute atomic E-state index is 12.9. The van der Waals surface area contributed by atoms with E-state index in [0.717, 1.165) is 25.2 Å². The number of sulfonamides is 1. The predicted molar refractivity (Wildman–Crippen MR) is 101 cm³/mol. The zero-order valence-corrected chi connectivity index (χ0v) is 16.7. The van der Waals surface area contributed by atoms with Crippen LogP contribution >= 0.6 is 0 Å². The Bertz CT molecular complexity index is 1020. The standard InChI is InChI=1S/C17H21FN6O4S/c1-10-3-6-14(28-10)16(25)24(13-4-5-13)22-17(19)23-29(26,27)11(2)7-15-20-8-12(18)9-21-15/h3,6,8-9,11,13H,4-5,7H2,1-2H3,(H3,19,22,23). The first-order chi connectivity index (χ1) is 13.7. The number of nitrogens with one attached hydrogen (secondary N) is 1. The molecule has 1 aliphatic carbocycles. The smallest absolute Gasteiger partial charge is 0.308 e. The lowest BCUT2D eigenvalue weighted by Crippen LogP contribution is -2.50. The Labute approximate surface area is 167 Å². The van der Waals surface area contributed by atoms with E-state index < -0.39 is 33.0 Å². The number of nitrogens with zero attached hydrogens (tertiary/aromatic N) is 4. The molecule has 1 atom stereocenters. The van der Waals surface area contributed by atoms with Crippen molar-refractivity contribution in [3.8, 4) is 0 Å². The first-order valence-electron chi connectivity index (χ1n) is 8.88. The van der Waals surface area contributed by atoms with Gasteiger partial charge in [-0.25, -0.2) is 27.8 Å². The fourth-order valence-corrected chi connectivity index (χ4v) is 3.34. The highest BCUT2D eigenvalue weighted by molar-refractivity contribution is 7.90. The monoisotopic (exact) mass is 424 g/mol. The molecule has 3 rings (SSSR count). The summed E-state index contributed by atoms with van der Waals surface area (Å²) in [7, 11) is -4.04. The number of hydrazine groups is 1. The van der Waals surface area contributed by atoms with Crippen LogP contribution < -0.4 is 11.2 Å². The van der Waals surface area contributed by atoms with Gasteiger partial charge in [-0.3, -0.25) is 10.2 Å². The van der Waals surface area contributed by atoms with Crippen molar-refractivity contribution in [3.05, 3.63) is 47.7 Å². The van der Waals surface area contributed by atoms with Crippen LogP contribution in [0.1, 0.15) is 41.9 Å². The number of guanidine groups is 1. The third-order valence-corrected chi connectivity index (χ3v) is 5.83. The van der Waals surface area contributed by atoms with Crippen LogP contribution in [-0.4, -0.2) is 46.6 Å². The van der Waals surface area contributed by atoms with E-state index in [1.807, 2.05) is 0 Å². The lowest BCUT2D eigenvalue weighted by atomic mass is 10.3. The third-order valence-electron chi connectivity index (χ3n) is 4.19. The topological polar surface area (TPSA) is 144 Å². The molecule has 1 amide bonds. The average molecular weight is 424 g/mol. The van der Waals surface area contributed by atoms with E-state index in [0.29, 0.717) is 5.76 Å². The molecule has 156 valence electrons. The summed E-state index contributed by atoms with van der Waals surface area (Å²) in [4.78, 5) is 20.1. The maximum Gasteiger partial charge on any atom is 0.308 e. The van der Waals surface area contributed by atoms with Gasteiger partial charge in [0, 0.05) is 6.42 Å². The number of hydrogen-bond acceptors (Lipinski definition) is 6. The van der Waals surface area contributed by atoms with Crippen molar-refractivity contribution in [3.63, 3.8) is 0 Å². The van der Waals surface area contributed by atoms with Crippen LogP contribution in [0.5, 0.6) is 0 Å². The Hall–Kier alpha value is -3.02. The molecule has 10 nitrogen and oxygen atoms in total. The molecular formula is C17H21FN6O4S. The van der Waals surface area contributed by atoms with Crippen LogP contribution in [0.25, 0.3) is 0 Å². The number of aryl methyl sites for hydroxylation is 1.